The average molecular weight is 256 g/mol. The van der Waals surface area contributed by atoms with Crippen molar-refractivity contribution in [1.29, 1.82) is 0 Å². The predicted molar refractivity (Wildman–Crippen MR) is 69.3 cm³/mol. The molecular weight excluding hydrogens is 232 g/mol. The molecule has 0 aromatic carbocycles. The molecule has 5 nitrogen and oxygen atoms in total. The van der Waals surface area contributed by atoms with E-state index in [9.17, 15) is 9.59 Å². The van der Waals surface area contributed by atoms with Crippen LogP contribution in [0.3, 0.4) is 0 Å². The van der Waals surface area contributed by atoms with Crippen molar-refractivity contribution in [2.24, 2.45) is 17.3 Å². The number of aliphatic carboxylic acids is 1. The zero-order chi connectivity index (χ0) is 13.8. The van der Waals surface area contributed by atoms with Gasteiger partial charge in [0.1, 0.15) is 0 Å². The van der Waals surface area contributed by atoms with Crippen molar-refractivity contribution in [2.45, 2.75) is 40.0 Å². The Morgan fingerprint density at radius 2 is 1.89 bits per heavy atom. The summed E-state index contributed by atoms with van der Waals surface area (Å²) in [6, 6.07) is -0.266. The van der Waals surface area contributed by atoms with E-state index in [4.69, 9.17) is 5.11 Å². The summed E-state index contributed by atoms with van der Waals surface area (Å²) >= 11 is 0. The molecule has 0 heterocycles. The number of carbonyl (C=O) groups is 2. The van der Waals surface area contributed by atoms with Gasteiger partial charge in [0.25, 0.3) is 0 Å². The second kappa shape index (κ2) is 6.07. The first-order chi connectivity index (χ1) is 8.32. The normalized spacial score (nSPS) is 18.2. The molecule has 18 heavy (non-hydrogen) atoms. The Morgan fingerprint density at radius 1 is 1.28 bits per heavy atom. The van der Waals surface area contributed by atoms with Crippen LogP contribution in [-0.4, -0.2) is 30.2 Å². The summed E-state index contributed by atoms with van der Waals surface area (Å²) in [5.41, 5.74) is 0.265. The highest BCUT2D eigenvalue weighted by atomic mass is 16.4. The fourth-order valence-electron chi connectivity index (χ4n) is 1.80. The van der Waals surface area contributed by atoms with Crippen LogP contribution in [0.25, 0.3) is 0 Å². The summed E-state index contributed by atoms with van der Waals surface area (Å²) < 4.78 is 0. The summed E-state index contributed by atoms with van der Waals surface area (Å²) in [6.45, 7) is 6.94. The quantitative estimate of drug-likeness (QED) is 0.650. The van der Waals surface area contributed by atoms with E-state index in [1.165, 1.54) is 0 Å². The number of carboxylic acid groups (broad SMARTS) is 1. The topological polar surface area (TPSA) is 78.4 Å². The molecule has 1 unspecified atom stereocenters. The molecule has 1 saturated carbocycles. The van der Waals surface area contributed by atoms with Gasteiger partial charge in [0.05, 0.1) is 5.92 Å². The van der Waals surface area contributed by atoms with Gasteiger partial charge in [-0.05, 0) is 30.6 Å². The van der Waals surface area contributed by atoms with Gasteiger partial charge in [-0.25, -0.2) is 4.79 Å². The maximum absolute atomic E-state index is 11.5. The van der Waals surface area contributed by atoms with Crippen molar-refractivity contribution in [3.05, 3.63) is 0 Å². The first-order valence-electron chi connectivity index (χ1n) is 6.57. The molecule has 1 aliphatic rings. The minimum Gasteiger partial charge on any atom is -0.481 e. The van der Waals surface area contributed by atoms with E-state index in [0.717, 1.165) is 12.8 Å². The van der Waals surface area contributed by atoms with Crippen molar-refractivity contribution < 1.29 is 14.7 Å². The molecule has 1 fully saturated rings. The lowest BCUT2D eigenvalue weighted by Crippen LogP contribution is -2.41. The Bertz CT molecular complexity index is 311. The number of carbonyl (C=O) groups excluding carboxylic acids is 1. The minimum atomic E-state index is -0.849. The Labute approximate surface area is 108 Å². The van der Waals surface area contributed by atoms with Crippen molar-refractivity contribution in [1.82, 2.24) is 10.6 Å². The van der Waals surface area contributed by atoms with E-state index < -0.39 is 11.9 Å². The molecule has 0 aromatic rings. The molecule has 1 rings (SSSR count). The van der Waals surface area contributed by atoms with E-state index in [0.29, 0.717) is 18.9 Å². The molecule has 0 aromatic heterocycles. The molecule has 0 spiro atoms. The molecule has 0 bridgehead atoms. The van der Waals surface area contributed by atoms with Gasteiger partial charge in [0.2, 0.25) is 0 Å². The number of hydrogen-bond acceptors (Lipinski definition) is 2. The third-order valence-corrected chi connectivity index (χ3v) is 3.39. The summed E-state index contributed by atoms with van der Waals surface area (Å²) in [5, 5.41) is 14.5. The SMILES string of the molecule is CC(C)CC(CNC(=O)NCC1(C)CC1)C(=O)O. The standard InChI is InChI=1S/C13H24N2O3/c1-9(2)6-10(11(16)17)7-14-12(18)15-8-13(3)4-5-13/h9-10H,4-8H2,1-3H3,(H,16,17)(H2,14,15,18). The second-order valence-electron chi connectivity index (χ2n) is 6.04. The van der Waals surface area contributed by atoms with Gasteiger partial charge in [-0.1, -0.05) is 20.8 Å². The van der Waals surface area contributed by atoms with Gasteiger partial charge in [-0.2, -0.15) is 0 Å². The van der Waals surface area contributed by atoms with Crippen LogP contribution < -0.4 is 10.6 Å². The lowest BCUT2D eigenvalue weighted by Gasteiger charge is -2.16. The van der Waals surface area contributed by atoms with Crippen LogP contribution in [0.4, 0.5) is 4.79 Å². The summed E-state index contributed by atoms with van der Waals surface area (Å²) in [6.07, 6.45) is 2.88. The summed E-state index contributed by atoms with van der Waals surface area (Å²) in [7, 11) is 0. The van der Waals surface area contributed by atoms with Crippen molar-refractivity contribution in [3.63, 3.8) is 0 Å². The maximum atomic E-state index is 11.5. The zero-order valence-corrected chi connectivity index (χ0v) is 11.5. The van der Waals surface area contributed by atoms with Gasteiger partial charge >= 0.3 is 12.0 Å². The molecule has 3 N–H and O–H groups in total. The van der Waals surface area contributed by atoms with E-state index in [2.05, 4.69) is 17.6 Å². The van der Waals surface area contributed by atoms with Crippen LogP contribution in [-0.2, 0) is 4.79 Å². The highest BCUT2D eigenvalue weighted by Crippen LogP contribution is 2.43. The van der Waals surface area contributed by atoms with E-state index >= 15 is 0 Å². The number of amides is 2. The zero-order valence-electron chi connectivity index (χ0n) is 11.5. The van der Waals surface area contributed by atoms with Crippen molar-refractivity contribution in [2.75, 3.05) is 13.1 Å². The van der Waals surface area contributed by atoms with Crippen molar-refractivity contribution >= 4 is 12.0 Å². The lowest BCUT2D eigenvalue weighted by atomic mass is 9.97. The first kappa shape index (κ1) is 14.8. The van der Waals surface area contributed by atoms with E-state index in [1.807, 2.05) is 13.8 Å². The third kappa shape index (κ3) is 5.38. The maximum Gasteiger partial charge on any atom is 0.314 e. The lowest BCUT2D eigenvalue weighted by molar-refractivity contribution is -0.142. The Hall–Kier alpha value is -1.26. The van der Waals surface area contributed by atoms with Crippen molar-refractivity contribution in [3.8, 4) is 0 Å². The van der Waals surface area contributed by atoms with Gasteiger partial charge in [0, 0.05) is 13.1 Å². The van der Waals surface area contributed by atoms with Crippen LogP contribution >= 0.6 is 0 Å². The first-order valence-corrected chi connectivity index (χ1v) is 6.57. The van der Waals surface area contributed by atoms with E-state index in [-0.39, 0.29) is 18.0 Å². The number of nitrogens with one attached hydrogen (secondary N) is 2. The summed E-state index contributed by atoms with van der Waals surface area (Å²) in [5.74, 6) is -1.05. The second-order valence-corrected chi connectivity index (χ2v) is 6.04. The Balaban J connectivity index is 2.23. The van der Waals surface area contributed by atoms with Gasteiger partial charge in [-0.15, -0.1) is 0 Å². The molecule has 1 aliphatic carbocycles. The Morgan fingerprint density at radius 3 is 2.33 bits per heavy atom. The fourth-order valence-corrected chi connectivity index (χ4v) is 1.80. The van der Waals surface area contributed by atoms with Crippen LogP contribution in [0.15, 0.2) is 0 Å². The van der Waals surface area contributed by atoms with Crippen LogP contribution in [0.1, 0.15) is 40.0 Å². The molecule has 0 saturated heterocycles. The smallest absolute Gasteiger partial charge is 0.314 e. The average Bonchev–Trinajstić information content (AvgIpc) is 2.99. The molecule has 0 radical (unpaired) electrons. The monoisotopic (exact) mass is 256 g/mol. The molecule has 2 amide bonds. The summed E-state index contributed by atoms with van der Waals surface area (Å²) in [4.78, 5) is 22.5. The molecular formula is C13H24N2O3. The van der Waals surface area contributed by atoms with Crippen LogP contribution in [0.5, 0.6) is 0 Å². The third-order valence-electron chi connectivity index (χ3n) is 3.39. The molecule has 5 heteroatoms. The number of hydrogen-bond donors (Lipinski definition) is 3. The predicted octanol–water partition coefficient (Wildman–Crippen LogP) is 1.83. The molecule has 104 valence electrons. The number of urea groups is 1. The van der Waals surface area contributed by atoms with Gasteiger partial charge in [0.15, 0.2) is 0 Å². The fraction of sp³-hybridized carbons (Fsp3) is 0.846. The number of carboxylic acids is 1. The van der Waals surface area contributed by atoms with Gasteiger partial charge in [-0.3, -0.25) is 4.79 Å². The Kier molecular flexibility index (Phi) is 4.99. The highest BCUT2D eigenvalue weighted by molar-refractivity contribution is 5.75. The highest BCUT2D eigenvalue weighted by Gasteiger charge is 2.37. The molecule has 1 atom stereocenters. The van der Waals surface area contributed by atoms with Crippen LogP contribution in [0.2, 0.25) is 0 Å². The largest absolute Gasteiger partial charge is 0.481 e. The van der Waals surface area contributed by atoms with E-state index in [1.54, 1.807) is 0 Å². The van der Waals surface area contributed by atoms with Gasteiger partial charge < -0.3 is 15.7 Å². The number of rotatable bonds is 7. The van der Waals surface area contributed by atoms with Crippen LogP contribution in [0, 0.1) is 17.3 Å². The minimum absolute atomic E-state index is 0.191. The molecule has 0 aliphatic heterocycles.